The Labute approximate surface area is 287 Å². The van der Waals surface area contributed by atoms with Crippen LogP contribution in [-0.2, 0) is 22.5 Å². The van der Waals surface area contributed by atoms with Crippen molar-refractivity contribution >= 4 is 34.9 Å². The van der Waals surface area contributed by atoms with Gasteiger partial charge in [0.2, 0.25) is 6.41 Å². The summed E-state index contributed by atoms with van der Waals surface area (Å²) in [5.41, 5.74) is 9.52. The summed E-state index contributed by atoms with van der Waals surface area (Å²) in [6.07, 6.45) is 7.51. The highest BCUT2D eigenvalue weighted by Gasteiger charge is 2.40. The number of amides is 3. The van der Waals surface area contributed by atoms with Gasteiger partial charge in [0.1, 0.15) is 6.10 Å². The number of aliphatic hydroxyl groups excluding tert-OH is 1. The minimum absolute atomic E-state index is 0.0332. The number of piperidine rings is 4. The van der Waals surface area contributed by atoms with Crippen LogP contribution in [0.15, 0.2) is 36.4 Å². The number of nitrogens with zero attached hydrogens (tertiary/aromatic N) is 5. The van der Waals surface area contributed by atoms with Crippen LogP contribution in [0.25, 0.3) is 0 Å². The number of likely N-dealkylation sites (tertiary alicyclic amines) is 1. The molecule has 3 atom stereocenters. The lowest BCUT2D eigenvalue weighted by Crippen LogP contribution is -2.62. The zero-order chi connectivity index (χ0) is 33.4. The normalized spacial score (nSPS) is 26.4. The minimum Gasteiger partial charge on any atom is -0.397 e. The molecular weight excluding hydrogens is 630 g/mol. The van der Waals surface area contributed by atoms with Crippen molar-refractivity contribution in [2.45, 2.75) is 63.3 Å². The third-order valence-corrected chi connectivity index (χ3v) is 11.5. The molecule has 0 spiro atoms. The number of rotatable bonds is 8. The fourth-order valence-corrected chi connectivity index (χ4v) is 8.55. The fraction of sp³-hybridized carbons (Fsp3) is 0.556. The summed E-state index contributed by atoms with van der Waals surface area (Å²) >= 11 is 6.41. The molecule has 11 nitrogen and oxygen atoms in total. The summed E-state index contributed by atoms with van der Waals surface area (Å²) in [5, 5.41) is 14.7. The van der Waals surface area contributed by atoms with E-state index in [1.54, 1.807) is 12.1 Å². The molecule has 2 aromatic rings. The zero-order valence-electron chi connectivity index (χ0n) is 27.4. The van der Waals surface area contributed by atoms with Gasteiger partial charge in [-0.05, 0) is 74.0 Å². The number of hydrogen-bond acceptors (Lipinski definition) is 8. The van der Waals surface area contributed by atoms with Gasteiger partial charge in [-0.2, -0.15) is 0 Å². The molecule has 256 valence electrons. The highest BCUT2D eigenvalue weighted by molar-refractivity contribution is 6.33. The second-order valence-corrected chi connectivity index (χ2v) is 14.3. The number of aliphatic hydroxyl groups is 1. The Kier molecular flexibility index (Phi) is 9.83. The number of nitrogens with one attached hydrogen (secondary N) is 1. The summed E-state index contributed by atoms with van der Waals surface area (Å²) < 4.78 is 6.24. The fourth-order valence-electron chi connectivity index (χ4n) is 8.31. The number of halogens is 1. The first-order chi connectivity index (χ1) is 23.3. The first-order valence-electron chi connectivity index (χ1n) is 17.3. The van der Waals surface area contributed by atoms with Gasteiger partial charge in [-0.25, -0.2) is 4.79 Å². The number of para-hydroxylation sites is 1. The Morgan fingerprint density at radius 2 is 1.79 bits per heavy atom. The average molecular weight is 676 g/mol. The summed E-state index contributed by atoms with van der Waals surface area (Å²) in [5.74, 6) is 3.17. The van der Waals surface area contributed by atoms with Crippen LogP contribution in [0.1, 0.15) is 42.4 Å². The van der Waals surface area contributed by atoms with Gasteiger partial charge in [0.15, 0.2) is 0 Å². The lowest BCUT2D eigenvalue weighted by molar-refractivity contribution is -0.225. The van der Waals surface area contributed by atoms with Gasteiger partial charge < -0.3 is 35.6 Å². The van der Waals surface area contributed by atoms with Crippen LogP contribution in [0.5, 0.6) is 0 Å². The maximum Gasteiger partial charge on any atom is 0.322 e. The van der Waals surface area contributed by atoms with E-state index in [0.717, 1.165) is 36.8 Å². The molecule has 12 heteroatoms. The van der Waals surface area contributed by atoms with Crippen molar-refractivity contribution in [1.29, 1.82) is 0 Å². The zero-order valence-corrected chi connectivity index (χ0v) is 28.2. The molecule has 2 aromatic carbocycles. The molecule has 6 aliphatic heterocycles. The summed E-state index contributed by atoms with van der Waals surface area (Å²) in [4.78, 5) is 37.7. The van der Waals surface area contributed by atoms with E-state index in [2.05, 4.69) is 21.0 Å². The monoisotopic (exact) mass is 675 g/mol. The molecule has 48 heavy (non-hydrogen) atoms. The predicted octanol–water partition coefficient (Wildman–Crippen LogP) is 2.86. The summed E-state index contributed by atoms with van der Waals surface area (Å²) in [7, 11) is 0. The molecule has 4 N–H and O–H groups in total. The first-order valence-corrected chi connectivity index (χ1v) is 17.7. The third-order valence-electron chi connectivity index (χ3n) is 11.2. The molecular formula is C36H46ClN7O4. The highest BCUT2D eigenvalue weighted by Crippen LogP contribution is 2.32. The number of anilines is 2. The second-order valence-electron chi connectivity index (χ2n) is 13.9. The maximum atomic E-state index is 14.1. The molecule has 0 radical (unpaired) electrons. The largest absolute Gasteiger partial charge is 0.397 e. The lowest BCUT2D eigenvalue weighted by atomic mass is 9.83. The van der Waals surface area contributed by atoms with Crippen LogP contribution in [0, 0.1) is 18.3 Å². The average Bonchev–Trinajstić information content (AvgIpc) is 3.12. The quantitative estimate of drug-likeness (QED) is 0.222. The minimum atomic E-state index is -1.29. The number of carbonyl (C=O) groups excluding carboxylic acids is 2. The molecule has 0 aliphatic carbocycles. The van der Waals surface area contributed by atoms with Crippen molar-refractivity contribution < 1.29 is 19.4 Å². The van der Waals surface area contributed by atoms with Crippen LogP contribution >= 0.6 is 11.6 Å². The standard InChI is InChI=1S/C36H46ClN7O4/c1-2-25-19-24(20-29(37)33(25)38)21-32(34(45)42-17-15-41(16-18-42)31-23-40-11-7-26(31)8-12-40)48-36(47)43-13-9-28(10-14-43)44-22-27-5-3-4-6-30(27)39-35(44)46/h1,3-6,19-20,26,28,31-32,36,47H,7-18,21-23,38H2,(H,39,46)/t31?,32-,36?/m1/s1. The van der Waals surface area contributed by atoms with E-state index in [1.165, 1.54) is 25.9 Å². The summed E-state index contributed by atoms with van der Waals surface area (Å²) in [6, 6.07) is 11.8. The van der Waals surface area contributed by atoms with Gasteiger partial charge in [-0.1, -0.05) is 35.7 Å². The number of nitrogen functional groups attached to an aromatic ring is 1. The highest BCUT2D eigenvalue weighted by atomic mass is 35.5. The number of nitrogens with two attached hydrogens (primary N) is 1. The lowest BCUT2D eigenvalue weighted by Gasteiger charge is -2.51. The van der Waals surface area contributed by atoms with E-state index in [0.29, 0.717) is 73.4 Å². The van der Waals surface area contributed by atoms with E-state index in [9.17, 15) is 14.7 Å². The van der Waals surface area contributed by atoms with E-state index in [1.807, 2.05) is 39.0 Å². The molecule has 5 saturated heterocycles. The molecule has 3 amide bonds. The molecule has 0 saturated carbocycles. The number of urea groups is 1. The van der Waals surface area contributed by atoms with E-state index in [4.69, 9.17) is 28.5 Å². The molecule has 8 rings (SSSR count). The van der Waals surface area contributed by atoms with Crippen molar-refractivity contribution in [1.82, 2.24) is 24.5 Å². The molecule has 2 bridgehead atoms. The van der Waals surface area contributed by atoms with Crippen molar-refractivity contribution in [3.63, 3.8) is 0 Å². The number of hydrogen-bond donors (Lipinski definition) is 3. The number of piperazine rings is 1. The number of benzene rings is 2. The number of ether oxygens (including phenoxy) is 1. The van der Waals surface area contributed by atoms with Crippen LogP contribution in [0.4, 0.5) is 16.2 Å². The van der Waals surface area contributed by atoms with Crippen molar-refractivity contribution in [3.05, 3.63) is 58.1 Å². The Balaban J connectivity index is 1.00. The number of fused-ring (bicyclic) bond motifs is 4. The molecule has 5 fully saturated rings. The second kappa shape index (κ2) is 14.2. The smallest absolute Gasteiger partial charge is 0.322 e. The predicted molar refractivity (Wildman–Crippen MR) is 185 cm³/mol. The Morgan fingerprint density at radius 3 is 2.48 bits per heavy atom. The number of carbonyl (C=O) groups is 2. The Bertz CT molecular complexity index is 1540. The van der Waals surface area contributed by atoms with Gasteiger partial charge in [-0.15, -0.1) is 6.42 Å². The van der Waals surface area contributed by atoms with Crippen molar-refractivity contribution in [2.24, 2.45) is 5.92 Å². The third kappa shape index (κ3) is 6.88. The first kappa shape index (κ1) is 33.1. The van der Waals surface area contributed by atoms with E-state index in [-0.39, 0.29) is 24.4 Å². The van der Waals surface area contributed by atoms with Crippen LogP contribution in [0.3, 0.4) is 0 Å². The van der Waals surface area contributed by atoms with Crippen molar-refractivity contribution in [3.8, 4) is 12.3 Å². The Hall–Kier alpha value is -3.37. The molecule has 0 aromatic heterocycles. The maximum absolute atomic E-state index is 14.1. The molecule has 6 heterocycles. The summed E-state index contributed by atoms with van der Waals surface area (Å²) in [6.45, 7) is 8.01. The molecule has 6 aliphatic rings. The number of terminal acetylenes is 1. The SMILES string of the molecule is C#Cc1cc(C[C@@H](OC(O)N2CCC(N3Cc4ccccc4NC3=O)CC2)C(=O)N2CCN(C3CN4CCC3CC4)CC2)cc(Cl)c1N. The van der Waals surface area contributed by atoms with Gasteiger partial charge >= 0.3 is 6.03 Å². The van der Waals surface area contributed by atoms with Gasteiger partial charge in [-0.3, -0.25) is 14.6 Å². The molecule has 2 unspecified atom stereocenters. The van der Waals surface area contributed by atoms with E-state index >= 15 is 0 Å². The van der Waals surface area contributed by atoms with Gasteiger partial charge in [0.25, 0.3) is 5.91 Å². The van der Waals surface area contributed by atoms with Crippen molar-refractivity contribution in [2.75, 3.05) is 70.0 Å². The van der Waals surface area contributed by atoms with E-state index < -0.39 is 12.5 Å². The van der Waals surface area contributed by atoms with Crippen LogP contribution in [0.2, 0.25) is 5.02 Å². The van der Waals surface area contributed by atoms with Gasteiger partial charge in [0, 0.05) is 82.1 Å². The Morgan fingerprint density at radius 1 is 1.06 bits per heavy atom. The van der Waals surface area contributed by atoms with Crippen LogP contribution in [-0.4, -0.2) is 125 Å². The van der Waals surface area contributed by atoms with Crippen LogP contribution < -0.4 is 11.1 Å². The topological polar surface area (TPSA) is 118 Å². The van der Waals surface area contributed by atoms with Gasteiger partial charge in [0.05, 0.1) is 10.7 Å².